The van der Waals surface area contributed by atoms with E-state index in [1.54, 1.807) is 78.9 Å². The minimum atomic E-state index is -0.772. The molecule has 18 heteroatoms. The fraction of sp³-hybridized carbons (Fsp3) is 0.300. The van der Waals surface area contributed by atoms with Gasteiger partial charge in [0, 0.05) is 110 Å². The van der Waals surface area contributed by atoms with Crippen LogP contribution in [0.4, 0.5) is 0 Å². The van der Waals surface area contributed by atoms with E-state index in [0.717, 1.165) is 92.7 Å². The Balaban J connectivity index is 0.000000207. The fourth-order valence-corrected chi connectivity index (χ4v) is 10.3. The summed E-state index contributed by atoms with van der Waals surface area (Å²) in [6.07, 6.45) is 11.4. The molecule has 3 aromatic heterocycles. The van der Waals surface area contributed by atoms with Gasteiger partial charge in [-0.3, -0.25) is 28.8 Å². The third kappa shape index (κ3) is 24.1. The smallest absolute Gasteiger partial charge is 0.305 e. The summed E-state index contributed by atoms with van der Waals surface area (Å²) in [4.78, 5) is 77.1. The summed E-state index contributed by atoms with van der Waals surface area (Å²) in [6, 6.07) is 56.4. The lowest BCUT2D eigenvalue weighted by Gasteiger charge is -2.20. The van der Waals surface area contributed by atoms with Gasteiger partial charge < -0.3 is 56.7 Å². The Bertz CT molecular complexity index is 3940. The second-order valence-corrected chi connectivity index (χ2v) is 23.9. The molecule has 0 bridgehead atoms. The number of hydrogen-bond acceptors (Lipinski definition) is 14. The van der Waals surface area contributed by atoms with Crippen molar-refractivity contribution in [1.82, 2.24) is 14.7 Å². The van der Waals surface area contributed by atoms with Gasteiger partial charge in [0.15, 0.2) is 0 Å². The highest BCUT2D eigenvalue weighted by Crippen LogP contribution is 2.28. The SMILES string of the molecule is CC(CCOc1ccccc1CN(C)C(=O)c1ccc(-c2ccco2)cc1)CCC(=O)O.COC(=O)CC/C(C)=C/COc1ccccc1CN(C)C(=O)c1ccc(-c2ccco2)cc1.COC(=O)CCC(C)CCOc1ccccc1CN(C)C(=O)c1ccc(-c2ccco2)cc1. The van der Waals surface area contributed by atoms with Crippen LogP contribution in [0.3, 0.4) is 0 Å². The van der Waals surface area contributed by atoms with E-state index < -0.39 is 5.97 Å². The number of nitrogens with zero attached hydrogens (tertiary/aromatic N) is 3. The predicted molar refractivity (Wildman–Crippen MR) is 376 cm³/mol. The summed E-state index contributed by atoms with van der Waals surface area (Å²) in [5.41, 5.74) is 8.45. The van der Waals surface area contributed by atoms with Crippen LogP contribution in [-0.2, 0) is 43.5 Å². The van der Waals surface area contributed by atoms with Crippen LogP contribution in [0.2, 0.25) is 0 Å². The van der Waals surface area contributed by atoms with E-state index in [9.17, 15) is 28.8 Å². The van der Waals surface area contributed by atoms with Gasteiger partial charge in [-0.25, -0.2) is 0 Å². The highest BCUT2D eigenvalue weighted by Gasteiger charge is 2.19. The molecule has 1 N–H and O–H groups in total. The van der Waals surface area contributed by atoms with Gasteiger partial charge in [-0.15, -0.1) is 0 Å². The number of aliphatic carboxylic acids is 1. The summed E-state index contributed by atoms with van der Waals surface area (Å²) in [5.74, 6) is 3.77. The number of esters is 2. The molecule has 0 spiro atoms. The third-order valence-corrected chi connectivity index (χ3v) is 16.3. The van der Waals surface area contributed by atoms with Crippen LogP contribution in [0.1, 0.15) is 120 Å². The van der Waals surface area contributed by atoms with Gasteiger partial charge in [0.05, 0.1) is 46.2 Å². The molecular weight excluding hydrogens is 1240 g/mol. The van der Waals surface area contributed by atoms with Crippen molar-refractivity contribution in [3.8, 4) is 51.2 Å². The number of methoxy groups -OCH3 is 2. The van der Waals surface area contributed by atoms with E-state index in [1.807, 2.05) is 178 Å². The number of ether oxygens (including phenoxy) is 5. The number of rotatable bonds is 32. The Morgan fingerprint density at radius 3 is 1.09 bits per heavy atom. The van der Waals surface area contributed by atoms with E-state index in [1.165, 1.54) is 14.2 Å². The summed E-state index contributed by atoms with van der Waals surface area (Å²) in [6.45, 7) is 8.80. The summed E-state index contributed by atoms with van der Waals surface area (Å²) in [7, 11) is 8.13. The normalized spacial score (nSPS) is 11.5. The van der Waals surface area contributed by atoms with Gasteiger partial charge in [-0.1, -0.05) is 110 Å². The lowest BCUT2D eigenvalue weighted by atomic mass is 10.0. The number of carboxylic acid groups (broad SMARTS) is 1. The number of furan rings is 3. The molecule has 0 fully saturated rings. The van der Waals surface area contributed by atoms with Crippen LogP contribution < -0.4 is 14.2 Å². The Hall–Kier alpha value is -10.9. The van der Waals surface area contributed by atoms with Crippen molar-refractivity contribution in [2.45, 2.75) is 91.8 Å². The average Bonchev–Trinajstić information content (AvgIpc) is 1.22. The van der Waals surface area contributed by atoms with Crippen molar-refractivity contribution in [3.05, 3.63) is 246 Å². The molecular formula is C80H89N3O15. The number of carbonyl (C=O) groups is 6. The number of hydrogen-bond donors (Lipinski definition) is 1. The first kappa shape index (κ1) is 74.5. The molecule has 18 nitrogen and oxygen atoms in total. The molecule has 0 aliphatic carbocycles. The van der Waals surface area contributed by atoms with Crippen molar-refractivity contribution in [3.63, 3.8) is 0 Å². The highest BCUT2D eigenvalue weighted by atomic mass is 16.5. The van der Waals surface area contributed by atoms with E-state index in [2.05, 4.69) is 11.7 Å². The van der Waals surface area contributed by atoms with E-state index in [0.29, 0.717) is 87.7 Å². The molecule has 2 unspecified atom stereocenters. The summed E-state index contributed by atoms with van der Waals surface area (Å²) < 4.78 is 43.5. The molecule has 0 aliphatic rings. The molecule has 3 heterocycles. The zero-order valence-electron chi connectivity index (χ0n) is 57.2. The Morgan fingerprint density at radius 1 is 0.418 bits per heavy atom. The average molecular weight is 1330 g/mol. The molecule has 514 valence electrons. The quantitative estimate of drug-likeness (QED) is 0.0306. The van der Waals surface area contributed by atoms with Crippen LogP contribution in [0.5, 0.6) is 17.2 Å². The number of para-hydroxylation sites is 3. The van der Waals surface area contributed by atoms with Crippen LogP contribution >= 0.6 is 0 Å². The summed E-state index contributed by atoms with van der Waals surface area (Å²) in [5, 5.41) is 8.80. The van der Waals surface area contributed by atoms with Crippen molar-refractivity contribution in [1.29, 1.82) is 0 Å². The van der Waals surface area contributed by atoms with E-state index in [4.69, 9.17) is 37.3 Å². The second-order valence-electron chi connectivity index (χ2n) is 23.9. The molecule has 2 atom stereocenters. The van der Waals surface area contributed by atoms with Crippen LogP contribution in [0.25, 0.3) is 34.0 Å². The van der Waals surface area contributed by atoms with Gasteiger partial charge in [0.25, 0.3) is 17.7 Å². The van der Waals surface area contributed by atoms with Gasteiger partial charge >= 0.3 is 17.9 Å². The number of carboxylic acids is 1. The topological polar surface area (TPSA) is 218 Å². The first-order valence-corrected chi connectivity index (χ1v) is 32.7. The van der Waals surface area contributed by atoms with E-state index in [-0.39, 0.29) is 42.0 Å². The zero-order valence-corrected chi connectivity index (χ0v) is 57.2. The number of allylic oxidation sites excluding steroid dienone is 1. The first-order valence-electron chi connectivity index (χ1n) is 32.7. The van der Waals surface area contributed by atoms with Crippen molar-refractivity contribution in [2.24, 2.45) is 11.8 Å². The minimum Gasteiger partial charge on any atom is -0.493 e. The van der Waals surface area contributed by atoms with Crippen molar-refractivity contribution in [2.75, 3.05) is 55.2 Å². The Labute approximate surface area is 574 Å². The maximum absolute atomic E-state index is 12.9. The van der Waals surface area contributed by atoms with Crippen molar-refractivity contribution >= 4 is 35.6 Å². The summed E-state index contributed by atoms with van der Waals surface area (Å²) >= 11 is 0. The monoisotopic (exact) mass is 1330 g/mol. The van der Waals surface area contributed by atoms with E-state index >= 15 is 0 Å². The predicted octanol–water partition coefficient (Wildman–Crippen LogP) is 16.6. The zero-order chi connectivity index (χ0) is 70.2. The molecule has 98 heavy (non-hydrogen) atoms. The molecule has 6 aromatic carbocycles. The molecule has 0 saturated carbocycles. The van der Waals surface area contributed by atoms with Crippen molar-refractivity contribution < 1.29 is 70.8 Å². The third-order valence-electron chi connectivity index (χ3n) is 16.3. The largest absolute Gasteiger partial charge is 0.493 e. The number of benzene rings is 6. The van der Waals surface area contributed by atoms with Gasteiger partial charge in [0.2, 0.25) is 0 Å². The van der Waals surface area contributed by atoms with Gasteiger partial charge in [0.1, 0.15) is 41.1 Å². The second kappa shape index (κ2) is 39.2. The maximum atomic E-state index is 12.9. The standard InChI is InChI=1S/C27H31NO5.C27H29NO5.C26H29NO5/c2*1-20(10-15-26(29)31-3)16-18-33-25-8-5-4-7-23(25)19-28(2)27(30)22-13-11-21(12-14-22)24-9-6-17-32-24;1-19(9-14-25(28)29)15-17-32-24-7-4-3-6-22(24)18-27(2)26(30)21-12-10-20(11-13-21)23-8-5-16-31-23/h4-9,11-14,17,20H,10,15-16,18-19H2,1-3H3;4-9,11-14,16-17H,10,15,18-19H2,1-3H3;3-8,10-13,16,19H,9,14-15,17-18H2,1-2H3,(H,28,29)/b;20-16+;. The molecule has 0 radical (unpaired) electrons. The lowest BCUT2D eigenvalue weighted by Crippen LogP contribution is -2.26. The highest BCUT2D eigenvalue weighted by molar-refractivity contribution is 5.96. The van der Waals surface area contributed by atoms with Crippen LogP contribution in [0, 0.1) is 11.8 Å². The first-order chi connectivity index (χ1) is 47.4. The molecule has 9 aromatic rings. The molecule has 9 rings (SSSR count). The lowest BCUT2D eigenvalue weighted by molar-refractivity contribution is -0.141. The fourth-order valence-electron chi connectivity index (χ4n) is 10.3. The Morgan fingerprint density at radius 2 is 0.755 bits per heavy atom. The maximum Gasteiger partial charge on any atom is 0.305 e. The molecule has 0 saturated heterocycles. The van der Waals surface area contributed by atoms with Gasteiger partial charge in [-0.2, -0.15) is 0 Å². The van der Waals surface area contributed by atoms with Crippen LogP contribution in [-0.4, -0.2) is 111 Å². The molecule has 3 amide bonds. The van der Waals surface area contributed by atoms with Gasteiger partial charge in [-0.05, 0) is 148 Å². The Kier molecular flexibility index (Phi) is 29.8. The number of carbonyl (C=O) groups excluding carboxylic acids is 5. The minimum absolute atomic E-state index is 0.0627. The van der Waals surface area contributed by atoms with Crippen LogP contribution in [0.15, 0.2) is 226 Å². The number of amides is 3. The molecule has 0 aliphatic heterocycles.